The van der Waals surface area contributed by atoms with Gasteiger partial charge < -0.3 is 14.7 Å². The van der Waals surface area contributed by atoms with Crippen LogP contribution in [0, 0.1) is 11.7 Å². The van der Waals surface area contributed by atoms with Gasteiger partial charge in [-0.25, -0.2) is 9.37 Å². The van der Waals surface area contributed by atoms with E-state index in [0.717, 1.165) is 31.5 Å². The summed E-state index contributed by atoms with van der Waals surface area (Å²) in [6.45, 7) is 3.39. The molecule has 5 rings (SSSR count). The molecule has 0 aliphatic carbocycles. The van der Waals surface area contributed by atoms with Crippen molar-refractivity contribution in [2.45, 2.75) is 26.2 Å². The van der Waals surface area contributed by atoms with Crippen molar-refractivity contribution in [1.82, 2.24) is 15.1 Å². The summed E-state index contributed by atoms with van der Waals surface area (Å²) in [7, 11) is 0. The molecule has 1 aliphatic heterocycles. The molecule has 1 atom stereocenters. The van der Waals surface area contributed by atoms with E-state index in [1.807, 2.05) is 24.3 Å². The Morgan fingerprint density at radius 2 is 1.94 bits per heavy atom. The van der Waals surface area contributed by atoms with E-state index in [1.165, 1.54) is 24.0 Å². The molecule has 3 heterocycles. The van der Waals surface area contributed by atoms with Gasteiger partial charge in [-0.05, 0) is 61.2 Å². The van der Waals surface area contributed by atoms with Gasteiger partial charge in [0.15, 0.2) is 0 Å². The van der Waals surface area contributed by atoms with Gasteiger partial charge in [0.2, 0.25) is 5.91 Å². The lowest BCUT2D eigenvalue weighted by Gasteiger charge is -2.33. The van der Waals surface area contributed by atoms with Gasteiger partial charge in [-0.2, -0.15) is 4.98 Å². The van der Waals surface area contributed by atoms with Gasteiger partial charge in [0, 0.05) is 24.3 Å². The lowest BCUT2D eigenvalue weighted by Crippen LogP contribution is -2.41. The van der Waals surface area contributed by atoms with Crippen LogP contribution >= 0.6 is 0 Å². The minimum absolute atomic E-state index is 0.00155. The van der Waals surface area contributed by atoms with Gasteiger partial charge in [-0.1, -0.05) is 24.2 Å². The summed E-state index contributed by atoms with van der Waals surface area (Å²) >= 11 is 0. The number of anilines is 2. The fraction of sp³-hybridized carbons (Fsp3) is 0.280. The Hall–Kier alpha value is -3.81. The van der Waals surface area contributed by atoms with E-state index in [4.69, 9.17) is 4.52 Å². The highest BCUT2D eigenvalue weighted by Crippen LogP contribution is 2.35. The first-order valence-electron chi connectivity index (χ1n) is 11.1. The Labute approximate surface area is 190 Å². The third-order valence-corrected chi connectivity index (χ3v) is 6.09. The minimum Gasteiger partial charge on any atom is -0.355 e. The molecule has 8 heteroatoms. The fourth-order valence-electron chi connectivity index (χ4n) is 4.27. The number of halogens is 1. The van der Waals surface area contributed by atoms with E-state index in [0.29, 0.717) is 34.7 Å². The van der Waals surface area contributed by atoms with Crippen molar-refractivity contribution < 1.29 is 13.7 Å². The van der Waals surface area contributed by atoms with Crippen LogP contribution in [0.15, 0.2) is 59.4 Å². The predicted molar refractivity (Wildman–Crippen MR) is 124 cm³/mol. The molecule has 1 amide bonds. The average molecular weight is 445 g/mol. The van der Waals surface area contributed by atoms with Crippen molar-refractivity contribution in [3.8, 4) is 11.3 Å². The first-order valence-corrected chi connectivity index (χ1v) is 11.1. The highest BCUT2D eigenvalue weighted by atomic mass is 19.1. The van der Waals surface area contributed by atoms with Crippen LogP contribution in [0.1, 0.15) is 25.3 Å². The largest absolute Gasteiger partial charge is 0.355 e. The Kier molecular flexibility index (Phi) is 5.73. The number of benzene rings is 2. The number of carbonyl (C=O) groups is 1. The predicted octanol–water partition coefficient (Wildman–Crippen LogP) is 4.84. The van der Waals surface area contributed by atoms with E-state index < -0.39 is 0 Å². The number of rotatable bonds is 5. The van der Waals surface area contributed by atoms with Crippen molar-refractivity contribution in [3.05, 3.63) is 66.2 Å². The molecule has 1 N–H and O–H groups in total. The number of nitrogens with one attached hydrogen (secondary N) is 1. The number of aromatic nitrogens is 3. The lowest BCUT2D eigenvalue weighted by atomic mass is 9.96. The van der Waals surface area contributed by atoms with Crippen molar-refractivity contribution in [2.75, 3.05) is 23.3 Å². The highest BCUT2D eigenvalue weighted by Gasteiger charge is 2.29. The molecule has 7 nitrogen and oxygen atoms in total. The topological polar surface area (TPSA) is 84.2 Å². The number of hydrogen-bond acceptors (Lipinski definition) is 6. The molecule has 0 radical (unpaired) electrons. The smallest absolute Gasteiger partial charge is 0.263 e. The summed E-state index contributed by atoms with van der Waals surface area (Å²) < 4.78 is 18.8. The molecule has 0 unspecified atom stereocenters. The maximum absolute atomic E-state index is 13.4. The summed E-state index contributed by atoms with van der Waals surface area (Å²) in [4.78, 5) is 23.8. The van der Waals surface area contributed by atoms with Crippen LogP contribution in [0.2, 0.25) is 0 Å². The van der Waals surface area contributed by atoms with E-state index >= 15 is 0 Å². The molecule has 33 heavy (non-hydrogen) atoms. The van der Waals surface area contributed by atoms with Crippen LogP contribution in [0.4, 0.5) is 15.9 Å². The van der Waals surface area contributed by atoms with Gasteiger partial charge in [0.25, 0.3) is 5.71 Å². The molecule has 0 bridgehead atoms. The van der Waals surface area contributed by atoms with Crippen molar-refractivity contribution in [3.63, 3.8) is 0 Å². The second-order valence-electron chi connectivity index (χ2n) is 8.24. The Bertz CT molecular complexity index is 1270. The number of piperidine rings is 1. The number of hydrogen-bond donors (Lipinski definition) is 1. The van der Waals surface area contributed by atoms with Crippen molar-refractivity contribution in [2.24, 2.45) is 5.92 Å². The molecule has 0 saturated carbocycles. The number of amides is 1. The summed E-state index contributed by atoms with van der Waals surface area (Å²) in [5, 5.41) is 7.88. The first kappa shape index (κ1) is 21.1. The first-order chi connectivity index (χ1) is 16.1. The third kappa shape index (κ3) is 4.28. The van der Waals surface area contributed by atoms with Gasteiger partial charge in [-0.3, -0.25) is 4.79 Å². The van der Waals surface area contributed by atoms with Crippen molar-refractivity contribution >= 4 is 28.5 Å². The van der Waals surface area contributed by atoms with Crippen LogP contribution < -0.4 is 10.2 Å². The zero-order valence-corrected chi connectivity index (χ0v) is 18.3. The summed E-state index contributed by atoms with van der Waals surface area (Å²) in [6.07, 6.45) is 4.06. The molecular weight excluding hydrogens is 421 g/mol. The lowest BCUT2D eigenvalue weighted by molar-refractivity contribution is -0.120. The Balaban J connectivity index is 1.40. The van der Waals surface area contributed by atoms with Crippen molar-refractivity contribution in [1.29, 1.82) is 0 Å². The molecule has 1 saturated heterocycles. The van der Waals surface area contributed by atoms with Crippen LogP contribution in [0.5, 0.6) is 0 Å². The minimum atomic E-state index is -0.322. The van der Waals surface area contributed by atoms with Gasteiger partial charge in [0.1, 0.15) is 29.0 Å². The third-order valence-electron chi connectivity index (χ3n) is 6.09. The van der Waals surface area contributed by atoms with Crippen LogP contribution in [-0.4, -0.2) is 34.1 Å². The molecule has 0 spiro atoms. The van der Waals surface area contributed by atoms with Gasteiger partial charge >= 0.3 is 0 Å². The fourth-order valence-corrected chi connectivity index (χ4v) is 4.27. The zero-order valence-electron chi connectivity index (χ0n) is 18.3. The SMILES string of the molecule is CCc1ccc(NC(=O)[C@H]2CCCN(c3ncnc4onc(-c5ccc(F)cc5)c34)C2)cc1. The molecular formula is C25H24FN5O2. The second-order valence-corrected chi connectivity index (χ2v) is 8.24. The number of carbonyl (C=O) groups excluding carboxylic acids is 1. The Morgan fingerprint density at radius 3 is 2.70 bits per heavy atom. The summed E-state index contributed by atoms with van der Waals surface area (Å²) in [5.41, 5.74) is 3.67. The standard InChI is InChI=1S/C25H24FN5O2/c1-2-16-5-11-20(12-6-16)29-24(32)18-4-3-13-31(14-18)23-21-22(17-7-9-19(26)10-8-17)30-33-25(21)28-15-27-23/h5-12,15,18H,2-4,13-14H2,1H3,(H,29,32)/t18-/m0/s1. The monoisotopic (exact) mass is 445 g/mol. The molecule has 4 aromatic rings. The average Bonchev–Trinajstić information content (AvgIpc) is 3.29. The number of nitrogens with zero attached hydrogens (tertiary/aromatic N) is 4. The van der Waals surface area contributed by atoms with E-state index in [9.17, 15) is 9.18 Å². The highest BCUT2D eigenvalue weighted by molar-refractivity contribution is 5.98. The van der Waals surface area contributed by atoms with Gasteiger partial charge in [0.05, 0.1) is 5.92 Å². The molecule has 2 aromatic heterocycles. The maximum atomic E-state index is 13.4. The zero-order chi connectivity index (χ0) is 22.8. The Morgan fingerprint density at radius 1 is 1.15 bits per heavy atom. The molecule has 1 fully saturated rings. The normalized spacial score (nSPS) is 16.2. The van der Waals surface area contributed by atoms with E-state index in [2.05, 4.69) is 32.3 Å². The summed E-state index contributed by atoms with van der Waals surface area (Å²) in [5.74, 6) is 0.171. The number of aryl methyl sites for hydroxylation is 1. The van der Waals surface area contributed by atoms with Crippen LogP contribution in [0.25, 0.3) is 22.4 Å². The molecule has 1 aliphatic rings. The quantitative estimate of drug-likeness (QED) is 0.473. The van der Waals surface area contributed by atoms with Crippen LogP contribution in [0.3, 0.4) is 0 Å². The van der Waals surface area contributed by atoms with Crippen LogP contribution in [-0.2, 0) is 11.2 Å². The van der Waals surface area contributed by atoms with E-state index in [1.54, 1.807) is 12.1 Å². The summed E-state index contributed by atoms with van der Waals surface area (Å²) in [6, 6.07) is 14.0. The van der Waals surface area contributed by atoms with Gasteiger partial charge in [-0.15, -0.1) is 0 Å². The second kappa shape index (κ2) is 8.97. The number of fused-ring (bicyclic) bond motifs is 1. The molecule has 168 valence electrons. The van der Waals surface area contributed by atoms with E-state index in [-0.39, 0.29) is 17.6 Å². The molecule has 2 aromatic carbocycles. The maximum Gasteiger partial charge on any atom is 0.263 e.